The van der Waals surface area contributed by atoms with E-state index in [1.54, 1.807) is 36.4 Å². The molecule has 2 saturated heterocycles. The van der Waals surface area contributed by atoms with Crippen LogP contribution >= 0.6 is 0 Å². The van der Waals surface area contributed by atoms with Crippen molar-refractivity contribution < 1.29 is 37.8 Å². The van der Waals surface area contributed by atoms with Crippen LogP contribution in [0, 0.1) is 23.6 Å². The van der Waals surface area contributed by atoms with Gasteiger partial charge in [0.1, 0.15) is 23.6 Å². The Morgan fingerprint density at radius 1 is 0.850 bits per heavy atom. The number of rotatable bonds is 7. The molecular weight excluding hydrogens is 515 g/mol. The minimum absolute atomic E-state index is 0.146. The summed E-state index contributed by atoms with van der Waals surface area (Å²) in [4.78, 5) is 50.5. The third-order valence-corrected chi connectivity index (χ3v) is 9.32. The SMILES string of the molecule is CCCCC1CCC(c2ccc(OC3C4C(=O)OC(=O)C4c4ccccc4C3C3CC(=O)OC3=O)cc2F)CC1. The van der Waals surface area contributed by atoms with Crippen LogP contribution in [-0.4, -0.2) is 30.0 Å². The third-order valence-electron chi connectivity index (χ3n) is 9.32. The van der Waals surface area contributed by atoms with Crippen LogP contribution in [0.15, 0.2) is 42.5 Å². The smallest absolute Gasteiger partial charge is 0.322 e. The van der Waals surface area contributed by atoms with Crippen molar-refractivity contribution in [1.29, 1.82) is 0 Å². The first-order valence-electron chi connectivity index (χ1n) is 14.4. The van der Waals surface area contributed by atoms with E-state index in [9.17, 15) is 19.2 Å². The third kappa shape index (κ3) is 4.71. The second-order valence-electron chi connectivity index (χ2n) is 11.6. The first kappa shape index (κ1) is 26.7. The van der Waals surface area contributed by atoms with Crippen molar-refractivity contribution in [3.05, 3.63) is 65.0 Å². The predicted molar refractivity (Wildman–Crippen MR) is 141 cm³/mol. The van der Waals surface area contributed by atoms with Gasteiger partial charge in [0, 0.05) is 12.0 Å². The van der Waals surface area contributed by atoms with Crippen LogP contribution in [0.4, 0.5) is 4.39 Å². The van der Waals surface area contributed by atoms with E-state index in [-0.39, 0.29) is 23.9 Å². The molecule has 0 N–H and O–H groups in total. The molecule has 5 unspecified atom stereocenters. The van der Waals surface area contributed by atoms with Gasteiger partial charge in [-0.15, -0.1) is 0 Å². The van der Waals surface area contributed by atoms with Crippen molar-refractivity contribution in [2.24, 2.45) is 17.8 Å². The van der Waals surface area contributed by atoms with Gasteiger partial charge in [-0.2, -0.15) is 0 Å². The number of unbranched alkanes of at least 4 members (excludes halogenated alkanes) is 1. The maximum absolute atomic E-state index is 15.5. The molecule has 40 heavy (non-hydrogen) atoms. The summed E-state index contributed by atoms with van der Waals surface area (Å²) in [5.41, 5.74) is 1.84. The molecule has 2 aliphatic heterocycles. The van der Waals surface area contributed by atoms with Crippen LogP contribution in [-0.2, 0) is 28.7 Å². The minimum atomic E-state index is -1.04. The molecule has 2 aromatic carbocycles. The normalized spacial score (nSPS) is 31.4. The van der Waals surface area contributed by atoms with Crippen LogP contribution in [0.1, 0.15) is 92.7 Å². The van der Waals surface area contributed by atoms with Crippen LogP contribution in [0.2, 0.25) is 0 Å². The zero-order chi connectivity index (χ0) is 28.0. The Morgan fingerprint density at radius 3 is 2.27 bits per heavy atom. The maximum atomic E-state index is 15.5. The number of benzene rings is 2. The summed E-state index contributed by atoms with van der Waals surface area (Å²) in [5, 5.41) is 0. The standard InChI is InChI=1S/C32H33FO7/c1-2-3-6-17-9-11-18(12-10-17)20-14-13-19(15-24(20)33)38-29-26(23-16-25(34)39-30(23)35)21-7-4-5-8-22(21)27-28(29)32(37)40-31(27)36/h4-5,7-8,13-15,17-18,23,26-29H,2-3,6,9-12,16H2,1H3. The summed E-state index contributed by atoms with van der Waals surface area (Å²) in [5.74, 6) is -5.76. The molecule has 8 heteroatoms. The number of ether oxygens (including phenoxy) is 3. The molecular formula is C32H33FO7. The fourth-order valence-corrected chi connectivity index (χ4v) is 7.34. The van der Waals surface area contributed by atoms with Crippen LogP contribution in [0.5, 0.6) is 5.75 Å². The molecule has 2 aliphatic carbocycles. The van der Waals surface area contributed by atoms with Gasteiger partial charge in [0.05, 0.1) is 18.3 Å². The average Bonchev–Trinajstić information content (AvgIpc) is 3.44. The Morgan fingerprint density at radius 2 is 1.60 bits per heavy atom. The van der Waals surface area contributed by atoms with E-state index in [4.69, 9.17) is 14.2 Å². The predicted octanol–water partition coefficient (Wildman–Crippen LogP) is 5.71. The second-order valence-corrected chi connectivity index (χ2v) is 11.6. The molecule has 0 radical (unpaired) electrons. The molecule has 2 heterocycles. The number of hydrogen-bond donors (Lipinski definition) is 0. The molecule has 0 amide bonds. The molecule has 7 nitrogen and oxygen atoms in total. The van der Waals surface area contributed by atoms with Crippen molar-refractivity contribution in [3.63, 3.8) is 0 Å². The van der Waals surface area contributed by atoms with Gasteiger partial charge in [-0.3, -0.25) is 19.2 Å². The number of carbonyl (C=O) groups excluding carboxylic acids is 4. The lowest BCUT2D eigenvalue weighted by molar-refractivity contribution is -0.156. The minimum Gasteiger partial charge on any atom is -0.489 e. The molecule has 1 saturated carbocycles. The largest absolute Gasteiger partial charge is 0.489 e. The molecule has 2 aromatic rings. The average molecular weight is 549 g/mol. The molecule has 210 valence electrons. The Bertz CT molecular complexity index is 1340. The highest BCUT2D eigenvalue weighted by Gasteiger charge is 2.60. The Kier molecular flexibility index (Phi) is 7.19. The summed E-state index contributed by atoms with van der Waals surface area (Å²) in [6.07, 6.45) is 6.53. The van der Waals surface area contributed by atoms with E-state index >= 15 is 4.39 Å². The van der Waals surface area contributed by atoms with Gasteiger partial charge in [0.2, 0.25) is 0 Å². The van der Waals surface area contributed by atoms with Gasteiger partial charge in [-0.05, 0) is 60.3 Å². The van der Waals surface area contributed by atoms with Gasteiger partial charge in [-0.1, -0.05) is 56.5 Å². The Balaban J connectivity index is 1.30. The fraction of sp³-hybridized carbons (Fsp3) is 0.500. The van der Waals surface area contributed by atoms with Crippen LogP contribution in [0.25, 0.3) is 0 Å². The lowest BCUT2D eigenvalue weighted by Gasteiger charge is -2.40. The Labute approximate surface area is 232 Å². The number of carbonyl (C=O) groups is 4. The first-order chi connectivity index (χ1) is 19.4. The summed E-state index contributed by atoms with van der Waals surface area (Å²) < 4.78 is 31.7. The van der Waals surface area contributed by atoms with Crippen molar-refractivity contribution in [1.82, 2.24) is 0 Å². The summed E-state index contributed by atoms with van der Waals surface area (Å²) in [6, 6.07) is 11.8. The molecule has 5 atom stereocenters. The van der Waals surface area contributed by atoms with Gasteiger partial charge in [0.25, 0.3) is 0 Å². The number of fused-ring (bicyclic) bond motifs is 3. The molecule has 0 aromatic heterocycles. The van der Waals surface area contributed by atoms with Crippen molar-refractivity contribution in [3.8, 4) is 5.75 Å². The lowest BCUT2D eigenvalue weighted by Crippen LogP contribution is -2.46. The zero-order valence-electron chi connectivity index (χ0n) is 22.5. The van der Waals surface area contributed by atoms with E-state index < -0.39 is 53.7 Å². The monoisotopic (exact) mass is 548 g/mol. The Hall–Kier alpha value is -3.55. The van der Waals surface area contributed by atoms with Crippen LogP contribution in [0.3, 0.4) is 0 Å². The molecule has 4 aliphatic rings. The number of hydrogen-bond acceptors (Lipinski definition) is 7. The van der Waals surface area contributed by atoms with E-state index in [1.807, 2.05) is 0 Å². The summed E-state index contributed by atoms with van der Waals surface area (Å²) in [6.45, 7) is 2.20. The maximum Gasteiger partial charge on any atom is 0.322 e. The van der Waals surface area contributed by atoms with E-state index in [1.165, 1.54) is 25.3 Å². The van der Waals surface area contributed by atoms with Crippen LogP contribution < -0.4 is 4.74 Å². The van der Waals surface area contributed by atoms with E-state index in [0.717, 1.165) is 25.7 Å². The quantitative estimate of drug-likeness (QED) is 0.323. The number of cyclic esters (lactones) is 4. The molecule has 0 bridgehead atoms. The highest BCUT2D eigenvalue weighted by Crippen LogP contribution is 2.52. The highest BCUT2D eigenvalue weighted by molar-refractivity contribution is 6.01. The first-order valence-corrected chi connectivity index (χ1v) is 14.4. The van der Waals surface area contributed by atoms with E-state index in [2.05, 4.69) is 6.92 Å². The fourth-order valence-electron chi connectivity index (χ4n) is 7.34. The summed E-state index contributed by atoms with van der Waals surface area (Å²) >= 11 is 0. The lowest BCUT2D eigenvalue weighted by atomic mass is 9.65. The summed E-state index contributed by atoms with van der Waals surface area (Å²) in [7, 11) is 0. The zero-order valence-corrected chi connectivity index (χ0v) is 22.5. The van der Waals surface area contributed by atoms with Crippen molar-refractivity contribution in [2.75, 3.05) is 0 Å². The van der Waals surface area contributed by atoms with Gasteiger partial charge >= 0.3 is 23.9 Å². The highest BCUT2D eigenvalue weighted by atomic mass is 19.1. The topological polar surface area (TPSA) is 96.0 Å². The number of halogens is 1. The van der Waals surface area contributed by atoms with Crippen molar-refractivity contribution >= 4 is 23.9 Å². The molecule has 0 spiro atoms. The van der Waals surface area contributed by atoms with E-state index in [0.29, 0.717) is 22.6 Å². The van der Waals surface area contributed by atoms with Gasteiger partial charge in [0.15, 0.2) is 0 Å². The second kappa shape index (κ2) is 10.8. The molecule has 3 fully saturated rings. The van der Waals surface area contributed by atoms with Crippen molar-refractivity contribution in [2.45, 2.75) is 82.1 Å². The van der Waals surface area contributed by atoms with Gasteiger partial charge in [-0.25, -0.2) is 4.39 Å². The number of esters is 4. The van der Waals surface area contributed by atoms with Gasteiger partial charge < -0.3 is 14.2 Å². The molecule has 6 rings (SSSR count).